The first-order valence-corrected chi connectivity index (χ1v) is 5.02. The van der Waals surface area contributed by atoms with E-state index in [2.05, 4.69) is 5.32 Å². The maximum atomic E-state index is 10.9. The molecule has 3 N–H and O–H groups in total. The molecule has 0 radical (unpaired) electrons. The van der Waals surface area contributed by atoms with Crippen LogP contribution in [0.4, 0.5) is 11.4 Å². The monoisotopic (exact) mass is 266 g/mol. The molecule has 0 saturated heterocycles. The molecule has 0 bridgehead atoms. The van der Waals surface area contributed by atoms with Crippen LogP contribution in [0, 0.1) is 17.0 Å². The number of hydrogen-bond donors (Lipinski definition) is 3. The van der Waals surface area contributed by atoms with Crippen molar-refractivity contribution >= 4 is 23.3 Å². The third-order valence-corrected chi connectivity index (χ3v) is 2.25. The van der Waals surface area contributed by atoms with Gasteiger partial charge in [-0.25, -0.2) is 9.59 Å². The number of carboxylic acid groups (broad SMARTS) is 2. The van der Waals surface area contributed by atoms with Gasteiger partial charge in [0, 0.05) is 11.8 Å². The van der Waals surface area contributed by atoms with E-state index in [1.54, 1.807) is 0 Å². The number of aryl methyl sites for hydroxylation is 1. The van der Waals surface area contributed by atoms with E-state index in [4.69, 9.17) is 10.2 Å². The molecule has 0 aromatic heterocycles. The van der Waals surface area contributed by atoms with Gasteiger partial charge in [-0.05, 0) is 13.0 Å². The largest absolute Gasteiger partial charge is 0.477 e. The van der Waals surface area contributed by atoms with Crippen LogP contribution in [-0.4, -0.2) is 27.1 Å². The highest BCUT2D eigenvalue weighted by atomic mass is 16.6. The van der Waals surface area contributed by atoms with Crippen molar-refractivity contribution in [1.82, 2.24) is 0 Å². The van der Waals surface area contributed by atoms with Gasteiger partial charge in [-0.1, -0.05) is 12.1 Å². The van der Waals surface area contributed by atoms with E-state index in [1.165, 1.54) is 25.1 Å². The van der Waals surface area contributed by atoms with Gasteiger partial charge in [0.25, 0.3) is 5.69 Å². The Kier molecular flexibility index (Phi) is 4.19. The molecule has 0 atom stereocenters. The summed E-state index contributed by atoms with van der Waals surface area (Å²) in [7, 11) is 0. The fraction of sp³-hybridized carbons (Fsp3) is 0.0909. The van der Waals surface area contributed by atoms with Crippen LogP contribution in [0.5, 0.6) is 0 Å². The molecule has 0 fully saturated rings. The second-order valence-electron chi connectivity index (χ2n) is 3.54. The lowest BCUT2D eigenvalue weighted by Gasteiger charge is -2.05. The van der Waals surface area contributed by atoms with Crippen LogP contribution < -0.4 is 5.32 Å². The van der Waals surface area contributed by atoms with Crippen LogP contribution in [0.2, 0.25) is 0 Å². The molecular weight excluding hydrogens is 256 g/mol. The molecule has 0 aliphatic heterocycles. The van der Waals surface area contributed by atoms with Gasteiger partial charge in [0.05, 0.1) is 4.92 Å². The molecule has 0 saturated carbocycles. The van der Waals surface area contributed by atoms with Crippen LogP contribution in [0.3, 0.4) is 0 Å². The Morgan fingerprint density at radius 3 is 2.37 bits per heavy atom. The molecule has 0 amide bonds. The summed E-state index contributed by atoms with van der Waals surface area (Å²) in [6, 6.07) is 4.39. The summed E-state index contributed by atoms with van der Waals surface area (Å²) in [6.45, 7) is 1.52. The molecule has 1 aromatic carbocycles. The van der Waals surface area contributed by atoms with Crippen molar-refractivity contribution in [1.29, 1.82) is 0 Å². The topological polar surface area (TPSA) is 130 Å². The summed E-state index contributed by atoms with van der Waals surface area (Å²) < 4.78 is 0. The van der Waals surface area contributed by atoms with Gasteiger partial charge < -0.3 is 15.5 Å². The molecule has 0 heterocycles. The minimum atomic E-state index is -1.64. The first-order valence-electron chi connectivity index (χ1n) is 5.02. The van der Waals surface area contributed by atoms with E-state index in [0.717, 1.165) is 0 Å². The highest BCUT2D eigenvalue weighted by Gasteiger charge is 2.19. The Hall–Kier alpha value is -2.90. The molecule has 19 heavy (non-hydrogen) atoms. The SMILES string of the molecule is Cc1cccc(NC=C(C(=O)O)C(=O)O)c1[N+](=O)[O-]. The zero-order valence-electron chi connectivity index (χ0n) is 9.78. The number of carbonyl (C=O) groups is 2. The van der Waals surface area contributed by atoms with Gasteiger partial charge in [-0.2, -0.15) is 0 Å². The van der Waals surface area contributed by atoms with Crippen LogP contribution in [0.15, 0.2) is 30.0 Å². The number of para-hydroxylation sites is 1. The lowest BCUT2D eigenvalue weighted by atomic mass is 10.1. The number of aliphatic carboxylic acids is 2. The van der Waals surface area contributed by atoms with Crippen LogP contribution in [-0.2, 0) is 9.59 Å². The Labute approximate surface area is 107 Å². The fourth-order valence-electron chi connectivity index (χ4n) is 1.38. The Morgan fingerprint density at radius 1 is 1.32 bits per heavy atom. The minimum absolute atomic E-state index is 0.0185. The van der Waals surface area contributed by atoms with Crippen molar-refractivity contribution in [2.45, 2.75) is 6.92 Å². The maximum absolute atomic E-state index is 10.9. The summed E-state index contributed by atoms with van der Waals surface area (Å²) in [5.74, 6) is -3.29. The van der Waals surface area contributed by atoms with E-state index >= 15 is 0 Å². The summed E-state index contributed by atoms with van der Waals surface area (Å²) >= 11 is 0. The second-order valence-corrected chi connectivity index (χ2v) is 3.54. The third kappa shape index (κ3) is 3.28. The molecule has 100 valence electrons. The maximum Gasteiger partial charge on any atom is 0.344 e. The number of nitrogens with zero attached hydrogens (tertiary/aromatic N) is 1. The van der Waals surface area contributed by atoms with Crippen molar-refractivity contribution in [2.75, 3.05) is 5.32 Å². The summed E-state index contributed by atoms with van der Waals surface area (Å²) in [4.78, 5) is 31.5. The summed E-state index contributed by atoms with van der Waals surface area (Å²) in [5.41, 5.74) is -0.773. The van der Waals surface area contributed by atoms with E-state index in [-0.39, 0.29) is 11.4 Å². The van der Waals surface area contributed by atoms with Gasteiger partial charge in [0.15, 0.2) is 5.57 Å². The van der Waals surface area contributed by atoms with Gasteiger partial charge in [-0.3, -0.25) is 10.1 Å². The minimum Gasteiger partial charge on any atom is -0.477 e. The van der Waals surface area contributed by atoms with E-state index < -0.39 is 22.4 Å². The van der Waals surface area contributed by atoms with Gasteiger partial charge in [0.1, 0.15) is 5.69 Å². The molecular formula is C11H10N2O6. The molecule has 8 nitrogen and oxygen atoms in total. The predicted octanol–water partition coefficient (Wildman–Crippen LogP) is 1.37. The predicted molar refractivity (Wildman–Crippen MR) is 64.8 cm³/mol. The Bertz CT molecular complexity index is 563. The molecule has 0 spiro atoms. The van der Waals surface area contributed by atoms with Crippen molar-refractivity contribution < 1.29 is 24.7 Å². The van der Waals surface area contributed by atoms with Crippen molar-refractivity contribution in [3.63, 3.8) is 0 Å². The lowest BCUT2D eigenvalue weighted by Crippen LogP contribution is -2.13. The van der Waals surface area contributed by atoms with E-state index in [9.17, 15) is 19.7 Å². The molecule has 0 unspecified atom stereocenters. The Morgan fingerprint density at radius 2 is 1.89 bits per heavy atom. The first kappa shape index (κ1) is 14.2. The van der Waals surface area contributed by atoms with Gasteiger partial charge >= 0.3 is 11.9 Å². The normalized spacial score (nSPS) is 9.53. The average molecular weight is 266 g/mol. The number of nitro benzene ring substituents is 1. The summed E-state index contributed by atoms with van der Waals surface area (Å²) in [5, 5.41) is 30.5. The van der Waals surface area contributed by atoms with Crippen LogP contribution in [0.1, 0.15) is 5.56 Å². The first-order chi connectivity index (χ1) is 8.84. The summed E-state index contributed by atoms with van der Waals surface area (Å²) in [6.07, 6.45) is 0.701. The van der Waals surface area contributed by atoms with Gasteiger partial charge in [0.2, 0.25) is 0 Å². The lowest BCUT2D eigenvalue weighted by molar-refractivity contribution is -0.384. The number of rotatable bonds is 5. The van der Waals surface area contributed by atoms with Crippen LogP contribution >= 0.6 is 0 Å². The fourth-order valence-corrected chi connectivity index (χ4v) is 1.38. The van der Waals surface area contributed by atoms with E-state index in [1.807, 2.05) is 0 Å². The Balaban J connectivity index is 3.17. The zero-order valence-corrected chi connectivity index (χ0v) is 9.78. The number of carboxylic acids is 2. The quantitative estimate of drug-likeness (QED) is 0.241. The van der Waals surface area contributed by atoms with E-state index in [0.29, 0.717) is 11.8 Å². The molecule has 0 aliphatic carbocycles. The smallest absolute Gasteiger partial charge is 0.344 e. The zero-order chi connectivity index (χ0) is 14.6. The number of anilines is 1. The number of nitro groups is 1. The van der Waals surface area contributed by atoms with Crippen molar-refractivity contribution in [3.8, 4) is 0 Å². The van der Waals surface area contributed by atoms with Crippen LogP contribution in [0.25, 0.3) is 0 Å². The number of nitrogens with one attached hydrogen (secondary N) is 1. The van der Waals surface area contributed by atoms with Gasteiger partial charge in [-0.15, -0.1) is 0 Å². The second kappa shape index (κ2) is 5.63. The van der Waals surface area contributed by atoms with Crippen molar-refractivity contribution in [2.24, 2.45) is 0 Å². The third-order valence-electron chi connectivity index (χ3n) is 2.25. The number of hydrogen-bond acceptors (Lipinski definition) is 5. The molecule has 8 heteroatoms. The standard InChI is InChI=1S/C11H10N2O6/c1-6-3-2-4-8(9(6)13(18)19)12-5-7(10(14)15)11(16)17/h2-5,12H,1H3,(H,14,15)(H,16,17). The number of benzene rings is 1. The highest BCUT2D eigenvalue weighted by Crippen LogP contribution is 2.27. The molecule has 1 rings (SSSR count). The highest BCUT2D eigenvalue weighted by molar-refractivity contribution is 6.12. The van der Waals surface area contributed by atoms with Crippen molar-refractivity contribution in [3.05, 3.63) is 45.6 Å². The molecule has 0 aliphatic rings. The average Bonchev–Trinajstić information content (AvgIpc) is 2.27. The molecule has 1 aromatic rings.